The molecule has 0 spiro atoms. The Bertz CT molecular complexity index is 620. The summed E-state index contributed by atoms with van der Waals surface area (Å²) in [5.41, 5.74) is 2.37. The largest absolute Gasteiger partial charge is 0.376 e. The van der Waals surface area contributed by atoms with Crippen LogP contribution in [0.25, 0.3) is 0 Å². The van der Waals surface area contributed by atoms with Gasteiger partial charge in [0, 0.05) is 10.2 Å². The fraction of sp³-hybridized carbons (Fsp3) is 0.333. The molecular weight excluding hydrogens is 345 g/mol. The molecule has 2 rings (SSSR count). The number of rotatable bonds is 5. The van der Waals surface area contributed by atoms with Crippen molar-refractivity contribution in [3.63, 3.8) is 0 Å². The lowest BCUT2D eigenvalue weighted by atomic mass is 9.99. The first kappa shape index (κ1) is 17.0. The SMILES string of the molecule is CC(C)(C)COCc1ccc(F)c(Nc2ccc(Br)cc2)c1. The summed E-state index contributed by atoms with van der Waals surface area (Å²) in [6.45, 7) is 7.51. The second-order valence-electron chi connectivity index (χ2n) is 6.50. The summed E-state index contributed by atoms with van der Waals surface area (Å²) < 4.78 is 20.6. The summed E-state index contributed by atoms with van der Waals surface area (Å²) in [4.78, 5) is 0. The van der Waals surface area contributed by atoms with E-state index in [9.17, 15) is 4.39 Å². The highest BCUT2D eigenvalue weighted by molar-refractivity contribution is 9.10. The molecule has 0 aromatic heterocycles. The van der Waals surface area contributed by atoms with Crippen molar-refractivity contribution >= 4 is 27.3 Å². The molecule has 0 bridgehead atoms. The van der Waals surface area contributed by atoms with Crippen LogP contribution >= 0.6 is 15.9 Å². The molecule has 0 unspecified atom stereocenters. The Morgan fingerprint density at radius 1 is 1.09 bits per heavy atom. The lowest BCUT2D eigenvalue weighted by Crippen LogP contribution is -2.14. The molecule has 0 aliphatic carbocycles. The van der Waals surface area contributed by atoms with Gasteiger partial charge in [0.1, 0.15) is 5.82 Å². The zero-order chi connectivity index (χ0) is 16.2. The molecule has 0 fully saturated rings. The highest BCUT2D eigenvalue weighted by Crippen LogP contribution is 2.23. The predicted octanol–water partition coefficient (Wildman–Crippen LogP) is 5.89. The van der Waals surface area contributed by atoms with Crippen LogP contribution in [0.4, 0.5) is 15.8 Å². The summed E-state index contributed by atoms with van der Waals surface area (Å²) >= 11 is 3.38. The molecule has 2 nitrogen and oxygen atoms in total. The van der Waals surface area contributed by atoms with Crippen molar-refractivity contribution in [2.75, 3.05) is 11.9 Å². The van der Waals surface area contributed by atoms with Gasteiger partial charge in [-0.25, -0.2) is 4.39 Å². The predicted molar refractivity (Wildman–Crippen MR) is 92.9 cm³/mol. The number of benzene rings is 2. The summed E-state index contributed by atoms with van der Waals surface area (Å²) in [5.74, 6) is -0.275. The van der Waals surface area contributed by atoms with Gasteiger partial charge in [-0.1, -0.05) is 42.8 Å². The highest BCUT2D eigenvalue weighted by atomic mass is 79.9. The van der Waals surface area contributed by atoms with Crippen molar-refractivity contribution in [1.82, 2.24) is 0 Å². The second kappa shape index (κ2) is 7.25. The molecular formula is C18H21BrFNO. The van der Waals surface area contributed by atoms with Crippen LogP contribution in [0, 0.1) is 11.2 Å². The van der Waals surface area contributed by atoms with Gasteiger partial charge in [0.25, 0.3) is 0 Å². The van der Waals surface area contributed by atoms with Crippen LogP contribution < -0.4 is 5.32 Å². The van der Waals surface area contributed by atoms with Crippen LogP contribution in [0.2, 0.25) is 0 Å². The summed E-state index contributed by atoms with van der Waals surface area (Å²) in [6, 6.07) is 12.6. The first-order valence-corrected chi connectivity index (χ1v) is 8.01. The first-order chi connectivity index (χ1) is 10.3. The van der Waals surface area contributed by atoms with E-state index < -0.39 is 0 Å². The Balaban J connectivity index is 2.05. The van der Waals surface area contributed by atoms with E-state index in [-0.39, 0.29) is 11.2 Å². The van der Waals surface area contributed by atoms with E-state index >= 15 is 0 Å². The molecule has 1 N–H and O–H groups in total. The maximum absolute atomic E-state index is 13.9. The van der Waals surface area contributed by atoms with Crippen LogP contribution in [0.5, 0.6) is 0 Å². The van der Waals surface area contributed by atoms with Gasteiger partial charge in [-0.2, -0.15) is 0 Å². The van der Waals surface area contributed by atoms with E-state index in [0.29, 0.717) is 18.9 Å². The van der Waals surface area contributed by atoms with Crippen molar-refractivity contribution in [1.29, 1.82) is 0 Å². The van der Waals surface area contributed by atoms with Crippen LogP contribution in [-0.2, 0) is 11.3 Å². The Kier molecular flexibility index (Phi) is 5.59. The third-order valence-corrected chi connectivity index (χ3v) is 3.49. The molecule has 0 radical (unpaired) electrons. The van der Waals surface area contributed by atoms with Crippen LogP contribution in [0.3, 0.4) is 0 Å². The molecule has 22 heavy (non-hydrogen) atoms. The van der Waals surface area contributed by atoms with E-state index in [0.717, 1.165) is 15.7 Å². The molecule has 2 aromatic rings. The third-order valence-electron chi connectivity index (χ3n) is 2.96. The van der Waals surface area contributed by atoms with Crippen LogP contribution in [0.15, 0.2) is 46.9 Å². The normalized spacial score (nSPS) is 11.5. The number of anilines is 2. The average molecular weight is 366 g/mol. The summed E-state index contributed by atoms with van der Waals surface area (Å²) in [7, 11) is 0. The number of halogens is 2. The third kappa shape index (κ3) is 5.43. The van der Waals surface area contributed by atoms with Gasteiger partial charge in [0.05, 0.1) is 18.9 Å². The van der Waals surface area contributed by atoms with Crippen molar-refractivity contribution < 1.29 is 9.13 Å². The van der Waals surface area contributed by atoms with E-state index in [1.54, 1.807) is 12.1 Å². The number of hydrogen-bond acceptors (Lipinski definition) is 2. The van der Waals surface area contributed by atoms with Gasteiger partial charge < -0.3 is 10.1 Å². The number of ether oxygens (including phenoxy) is 1. The molecule has 0 saturated carbocycles. The Hall–Kier alpha value is -1.39. The van der Waals surface area contributed by atoms with Gasteiger partial charge in [-0.15, -0.1) is 0 Å². The Morgan fingerprint density at radius 2 is 1.77 bits per heavy atom. The molecule has 0 aliphatic heterocycles. The molecule has 0 atom stereocenters. The average Bonchev–Trinajstić information content (AvgIpc) is 2.43. The Morgan fingerprint density at radius 3 is 2.41 bits per heavy atom. The minimum atomic E-state index is -0.275. The molecule has 118 valence electrons. The highest BCUT2D eigenvalue weighted by Gasteiger charge is 2.10. The minimum absolute atomic E-state index is 0.124. The molecule has 4 heteroatoms. The zero-order valence-corrected chi connectivity index (χ0v) is 14.7. The van der Waals surface area contributed by atoms with Crippen molar-refractivity contribution in [2.24, 2.45) is 5.41 Å². The molecule has 0 heterocycles. The number of hydrogen-bond donors (Lipinski definition) is 1. The van der Waals surface area contributed by atoms with Crippen molar-refractivity contribution in [3.05, 3.63) is 58.3 Å². The van der Waals surface area contributed by atoms with Crippen molar-refractivity contribution in [2.45, 2.75) is 27.4 Å². The van der Waals surface area contributed by atoms with E-state index in [1.807, 2.05) is 24.3 Å². The first-order valence-electron chi connectivity index (χ1n) is 7.22. The lowest BCUT2D eigenvalue weighted by molar-refractivity contribution is 0.0599. The van der Waals surface area contributed by atoms with Crippen molar-refractivity contribution in [3.8, 4) is 0 Å². The zero-order valence-electron chi connectivity index (χ0n) is 13.1. The molecule has 2 aromatic carbocycles. The lowest BCUT2D eigenvalue weighted by Gasteiger charge is -2.18. The van der Waals surface area contributed by atoms with E-state index in [2.05, 4.69) is 42.0 Å². The minimum Gasteiger partial charge on any atom is -0.376 e. The standard InChI is InChI=1S/C18H21BrFNO/c1-18(2,3)12-22-11-13-4-9-16(20)17(10-13)21-15-7-5-14(19)6-8-15/h4-10,21H,11-12H2,1-3H3. The topological polar surface area (TPSA) is 21.3 Å². The smallest absolute Gasteiger partial charge is 0.146 e. The summed E-state index contributed by atoms with van der Waals surface area (Å²) in [6.07, 6.45) is 0. The molecule has 0 amide bonds. The molecule has 0 aliphatic rings. The van der Waals surface area contributed by atoms with Crippen LogP contribution in [-0.4, -0.2) is 6.61 Å². The molecule has 0 saturated heterocycles. The van der Waals surface area contributed by atoms with Crippen LogP contribution in [0.1, 0.15) is 26.3 Å². The second-order valence-corrected chi connectivity index (χ2v) is 7.42. The van der Waals surface area contributed by atoms with E-state index in [1.165, 1.54) is 6.07 Å². The maximum Gasteiger partial charge on any atom is 0.146 e. The van der Waals surface area contributed by atoms with Gasteiger partial charge >= 0.3 is 0 Å². The fourth-order valence-corrected chi connectivity index (χ4v) is 2.19. The van der Waals surface area contributed by atoms with Gasteiger partial charge in [-0.3, -0.25) is 0 Å². The monoisotopic (exact) mass is 365 g/mol. The quantitative estimate of drug-likeness (QED) is 0.712. The number of nitrogens with one attached hydrogen (secondary N) is 1. The van der Waals surface area contributed by atoms with Gasteiger partial charge in [0.15, 0.2) is 0 Å². The fourth-order valence-electron chi connectivity index (χ4n) is 1.92. The maximum atomic E-state index is 13.9. The Labute approximate surface area is 139 Å². The van der Waals surface area contributed by atoms with Gasteiger partial charge in [-0.05, 0) is 47.4 Å². The van der Waals surface area contributed by atoms with E-state index in [4.69, 9.17) is 4.74 Å². The summed E-state index contributed by atoms with van der Waals surface area (Å²) in [5, 5.41) is 3.10. The van der Waals surface area contributed by atoms with Gasteiger partial charge in [0.2, 0.25) is 0 Å².